The van der Waals surface area contributed by atoms with Gasteiger partial charge in [-0.3, -0.25) is 0 Å². The van der Waals surface area contributed by atoms with E-state index in [0.717, 1.165) is 36.5 Å². The van der Waals surface area contributed by atoms with Crippen molar-refractivity contribution in [2.75, 3.05) is 12.3 Å². The molecule has 0 fully saturated rings. The van der Waals surface area contributed by atoms with Crippen LogP contribution in [0.3, 0.4) is 0 Å². The normalized spacial score (nSPS) is 14.6. The fraction of sp³-hybridized carbons (Fsp3) is 0.250. The van der Waals surface area contributed by atoms with Crippen molar-refractivity contribution in [2.45, 2.75) is 13.0 Å². The van der Waals surface area contributed by atoms with Gasteiger partial charge in [0.05, 0.1) is 11.4 Å². The van der Waals surface area contributed by atoms with Crippen LogP contribution >= 0.6 is 0 Å². The highest BCUT2D eigenvalue weighted by atomic mass is 16.3. The zero-order valence-electron chi connectivity index (χ0n) is 9.35. The van der Waals surface area contributed by atoms with E-state index in [1.54, 1.807) is 12.1 Å². The minimum atomic E-state index is 0.251. The molecule has 88 valence electrons. The predicted molar refractivity (Wildman–Crippen MR) is 65.1 cm³/mol. The van der Waals surface area contributed by atoms with Crippen LogP contribution in [0.2, 0.25) is 0 Å². The van der Waals surface area contributed by atoms with Crippen LogP contribution in [0.25, 0.3) is 5.69 Å². The molecule has 0 aliphatic carbocycles. The van der Waals surface area contributed by atoms with Gasteiger partial charge in [-0.15, -0.1) is 0 Å². The molecule has 3 rings (SSSR count). The van der Waals surface area contributed by atoms with Gasteiger partial charge in [-0.25, -0.2) is 4.68 Å². The van der Waals surface area contributed by atoms with Crippen LogP contribution in [0.1, 0.15) is 11.3 Å². The molecule has 1 aromatic carbocycles. The van der Waals surface area contributed by atoms with Crippen molar-refractivity contribution in [3.63, 3.8) is 0 Å². The molecule has 0 atom stereocenters. The molecule has 0 radical (unpaired) electrons. The van der Waals surface area contributed by atoms with Crippen molar-refractivity contribution < 1.29 is 5.11 Å². The Morgan fingerprint density at radius 2 is 2.06 bits per heavy atom. The molecule has 4 N–H and O–H groups in total. The van der Waals surface area contributed by atoms with Crippen molar-refractivity contribution in [1.29, 1.82) is 0 Å². The summed E-state index contributed by atoms with van der Waals surface area (Å²) in [5.41, 5.74) is 9.08. The topological polar surface area (TPSA) is 76.1 Å². The Balaban J connectivity index is 2.11. The summed E-state index contributed by atoms with van der Waals surface area (Å²) in [5.74, 6) is 0.857. The second-order valence-corrected chi connectivity index (χ2v) is 4.17. The first kappa shape index (κ1) is 10.2. The first-order valence-corrected chi connectivity index (χ1v) is 5.62. The van der Waals surface area contributed by atoms with E-state index in [-0.39, 0.29) is 5.75 Å². The van der Waals surface area contributed by atoms with Crippen molar-refractivity contribution in [1.82, 2.24) is 15.1 Å². The maximum absolute atomic E-state index is 9.28. The molecule has 5 nitrogen and oxygen atoms in total. The summed E-state index contributed by atoms with van der Waals surface area (Å²) in [7, 11) is 0. The summed E-state index contributed by atoms with van der Waals surface area (Å²) in [6.45, 7) is 1.72. The molecular formula is C12H14N4O. The first-order valence-electron chi connectivity index (χ1n) is 5.62. The highest BCUT2D eigenvalue weighted by Crippen LogP contribution is 2.24. The summed E-state index contributed by atoms with van der Waals surface area (Å²) in [4.78, 5) is 0. The van der Waals surface area contributed by atoms with Crippen molar-refractivity contribution >= 4 is 5.82 Å². The number of benzene rings is 1. The second kappa shape index (κ2) is 3.78. The number of hydrogen-bond acceptors (Lipinski definition) is 4. The number of nitrogens with two attached hydrogens (primary N) is 1. The number of aromatic nitrogens is 2. The summed E-state index contributed by atoms with van der Waals surface area (Å²) in [6, 6.07) is 6.96. The molecule has 0 saturated carbocycles. The molecule has 0 amide bonds. The predicted octanol–water partition coefficient (Wildman–Crippen LogP) is 0.806. The Morgan fingerprint density at radius 1 is 1.29 bits per heavy atom. The van der Waals surface area contributed by atoms with Crippen molar-refractivity contribution in [3.8, 4) is 11.4 Å². The zero-order chi connectivity index (χ0) is 11.8. The van der Waals surface area contributed by atoms with Gasteiger partial charge >= 0.3 is 0 Å². The van der Waals surface area contributed by atoms with Gasteiger partial charge in [0.25, 0.3) is 0 Å². The first-order chi connectivity index (χ1) is 8.25. The van der Waals surface area contributed by atoms with Gasteiger partial charge in [0.15, 0.2) is 0 Å². The molecule has 0 spiro atoms. The number of aromatic hydroxyl groups is 1. The zero-order valence-corrected chi connectivity index (χ0v) is 9.35. The molecule has 0 saturated heterocycles. The molecular weight excluding hydrogens is 216 g/mol. The monoisotopic (exact) mass is 230 g/mol. The van der Waals surface area contributed by atoms with Gasteiger partial charge in [-0.1, -0.05) is 0 Å². The van der Waals surface area contributed by atoms with Crippen LogP contribution < -0.4 is 11.1 Å². The Kier molecular flexibility index (Phi) is 2.26. The highest BCUT2D eigenvalue weighted by Gasteiger charge is 2.19. The number of hydrogen-bond donors (Lipinski definition) is 3. The Labute approximate surface area is 98.9 Å². The lowest BCUT2D eigenvalue weighted by atomic mass is 10.1. The molecule has 2 heterocycles. The fourth-order valence-corrected chi connectivity index (χ4v) is 2.19. The van der Waals surface area contributed by atoms with Gasteiger partial charge in [-0.05, 0) is 37.2 Å². The van der Waals surface area contributed by atoms with Gasteiger partial charge < -0.3 is 16.2 Å². The number of nitrogens with one attached hydrogen (secondary N) is 1. The highest BCUT2D eigenvalue weighted by molar-refractivity contribution is 5.48. The molecule has 2 aromatic rings. The number of anilines is 1. The molecule has 0 bridgehead atoms. The maximum Gasteiger partial charge on any atom is 0.149 e. The quantitative estimate of drug-likeness (QED) is 0.677. The minimum absolute atomic E-state index is 0.251. The van der Waals surface area contributed by atoms with Crippen LogP contribution in [0, 0.1) is 0 Å². The van der Waals surface area contributed by atoms with Crippen molar-refractivity contribution in [3.05, 3.63) is 35.5 Å². The number of fused-ring (bicyclic) bond motifs is 1. The third-order valence-corrected chi connectivity index (χ3v) is 3.06. The van der Waals surface area contributed by atoms with Gasteiger partial charge in [0.1, 0.15) is 11.6 Å². The summed E-state index contributed by atoms with van der Waals surface area (Å²) >= 11 is 0. The average molecular weight is 230 g/mol. The number of phenolic OH excluding ortho intramolecular Hbond substituents is 1. The standard InChI is InChI=1S/C12H14N4O/c13-12-10-5-6-14-7-11(10)16(15-12)8-1-3-9(17)4-2-8/h1-4,14,17H,5-7H2,(H2,13,15). The molecule has 5 heteroatoms. The van der Waals surface area contributed by atoms with Crippen LogP contribution in [0.5, 0.6) is 5.75 Å². The lowest BCUT2D eigenvalue weighted by Gasteiger charge is -2.15. The Bertz CT molecular complexity index is 544. The third kappa shape index (κ3) is 1.64. The van der Waals surface area contributed by atoms with E-state index in [2.05, 4.69) is 10.4 Å². The fourth-order valence-electron chi connectivity index (χ4n) is 2.19. The largest absolute Gasteiger partial charge is 0.508 e. The number of rotatable bonds is 1. The smallest absolute Gasteiger partial charge is 0.149 e. The SMILES string of the molecule is Nc1nn(-c2ccc(O)cc2)c2c1CCNC2. The van der Waals surface area contributed by atoms with Gasteiger partial charge in [-0.2, -0.15) is 5.10 Å². The lowest BCUT2D eigenvalue weighted by Crippen LogP contribution is -2.25. The van der Waals surface area contributed by atoms with Crippen LogP contribution in [-0.4, -0.2) is 21.4 Å². The summed E-state index contributed by atoms with van der Waals surface area (Å²) < 4.78 is 1.84. The molecule has 1 aromatic heterocycles. The van der Waals surface area contributed by atoms with E-state index >= 15 is 0 Å². The van der Waals surface area contributed by atoms with E-state index < -0.39 is 0 Å². The minimum Gasteiger partial charge on any atom is -0.508 e. The van der Waals surface area contributed by atoms with E-state index in [4.69, 9.17) is 5.73 Å². The molecule has 1 aliphatic heterocycles. The van der Waals surface area contributed by atoms with Crippen LogP contribution in [0.4, 0.5) is 5.82 Å². The van der Waals surface area contributed by atoms with E-state index in [1.165, 1.54) is 0 Å². The second-order valence-electron chi connectivity index (χ2n) is 4.17. The van der Waals surface area contributed by atoms with Crippen LogP contribution in [0.15, 0.2) is 24.3 Å². The Hall–Kier alpha value is -2.01. The van der Waals surface area contributed by atoms with E-state index in [9.17, 15) is 5.11 Å². The average Bonchev–Trinajstić information content (AvgIpc) is 2.69. The molecule has 0 unspecified atom stereocenters. The van der Waals surface area contributed by atoms with Crippen molar-refractivity contribution in [2.24, 2.45) is 0 Å². The number of nitrogens with zero attached hydrogens (tertiary/aromatic N) is 2. The molecule has 1 aliphatic rings. The van der Waals surface area contributed by atoms with Gasteiger partial charge in [0.2, 0.25) is 0 Å². The van der Waals surface area contributed by atoms with E-state index in [0.29, 0.717) is 5.82 Å². The van der Waals surface area contributed by atoms with E-state index in [1.807, 2.05) is 16.8 Å². The summed E-state index contributed by atoms with van der Waals surface area (Å²) in [6.07, 6.45) is 0.916. The number of nitrogen functional groups attached to an aromatic ring is 1. The summed E-state index contributed by atoms with van der Waals surface area (Å²) in [5, 5.41) is 17.0. The Morgan fingerprint density at radius 3 is 2.82 bits per heavy atom. The lowest BCUT2D eigenvalue weighted by molar-refractivity contribution is 0.475. The number of phenols is 1. The third-order valence-electron chi connectivity index (χ3n) is 3.06. The maximum atomic E-state index is 9.28. The molecule has 17 heavy (non-hydrogen) atoms. The van der Waals surface area contributed by atoms with Gasteiger partial charge in [0, 0.05) is 12.1 Å². The van der Waals surface area contributed by atoms with Crippen LogP contribution in [-0.2, 0) is 13.0 Å².